The Hall–Kier alpha value is -2.56. The van der Waals surface area contributed by atoms with Crippen molar-refractivity contribution < 1.29 is 19.3 Å². The molecule has 1 saturated heterocycles. The molecule has 0 aliphatic carbocycles. The highest BCUT2D eigenvalue weighted by molar-refractivity contribution is 6.01. The third-order valence-corrected chi connectivity index (χ3v) is 3.75. The summed E-state index contributed by atoms with van der Waals surface area (Å²) >= 11 is 0. The molecule has 2 atom stereocenters. The Morgan fingerprint density at radius 3 is 2.57 bits per heavy atom. The molecule has 8 nitrogen and oxygen atoms in total. The molecule has 0 radical (unpaired) electrons. The Labute approximate surface area is 121 Å². The number of rotatable bonds is 1. The minimum absolute atomic E-state index is 0.0728. The molecule has 3 aliphatic heterocycles. The van der Waals surface area contributed by atoms with E-state index in [-0.39, 0.29) is 13.0 Å². The van der Waals surface area contributed by atoms with E-state index in [1.165, 1.54) is 4.90 Å². The van der Waals surface area contributed by atoms with E-state index in [9.17, 15) is 9.59 Å². The fraction of sp³-hybridized carbons (Fsp3) is 0.538. The first-order valence-electron chi connectivity index (χ1n) is 6.63. The second-order valence-electron chi connectivity index (χ2n) is 5.00. The number of hydrogen-bond donors (Lipinski definition) is 1. The van der Waals surface area contributed by atoms with Crippen LogP contribution < -0.4 is 5.32 Å². The monoisotopic (exact) mass is 290 g/mol. The van der Waals surface area contributed by atoms with E-state index in [4.69, 9.17) is 16.1 Å². The van der Waals surface area contributed by atoms with Gasteiger partial charge in [-0.3, -0.25) is 14.5 Å². The first kappa shape index (κ1) is 13.4. The van der Waals surface area contributed by atoms with E-state index in [1.807, 2.05) is 0 Å². The van der Waals surface area contributed by atoms with Gasteiger partial charge in [0.2, 0.25) is 0 Å². The summed E-state index contributed by atoms with van der Waals surface area (Å²) in [5.74, 6) is 1.42. The summed E-state index contributed by atoms with van der Waals surface area (Å²) < 4.78 is 0. The highest BCUT2D eigenvalue weighted by Crippen LogP contribution is 2.36. The molecule has 0 saturated carbocycles. The normalized spacial score (nSPS) is 34.3. The van der Waals surface area contributed by atoms with Crippen molar-refractivity contribution in [3.8, 4) is 12.3 Å². The van der Waals surface area contributed by atoms with Crippen LogP contribution in [0.2, 0.25) is 0 Å². The number of terminal acetylenes is 1. The largest absolute Gasteiger partial charge is 0.357 e. The van der Waals surface area contributed by atoms with Gasteiger partial charge < -0.3 is 15.0 Å². The zero-order valence-electron chi connectivity index (χ0n) is 11.2. The van der Waals surface area contributed by atoms with Gasteiger partial charge in [0.1, 0.15) is 0 Å². The van der Waals surface area contributed by atoms with Gasteiger partial charge in [0.05, 0.1) is 6.54 Å². The number of nitrogens with zero attached hydrogens (tertiary/aromatic N) is 3. The lowest BCUT2D eigenvalue weighted by Crippen LogP contribution is -2.77. The topological polar surface area (TPSA) is 92.6 Å². The van der Waals surface area contributed by atoms with Crippen LogP contribution in [0.25, 0.3) is 0 Å². The van der Waals surface area contributed by atoms with Gasteiger partial charge >= 0.3 is 0 Å². The number of carbonyl (C=O) groups excluding carboxylic acids is 2. The van der Waals surface area contributed by atoms with Crippen molar-refractivity contribution >= 4 is 24.2 Å². The van der Waals surface area contributed by atoms with Crippen LogP contribution in [0.5, 0.6) is 0 Å². The minimum atomic E-state index is -1.51. The van der Waals surface area contributed by atoms with Crippen LogP contribution in [-0.4, -0.2) is 47.1 Å². The molecule has 2 amide bonds. The molecule has 0 aromatic carbocycles. The standard InChI is InChI=1S/C13H14N4O4/c1-2-9-17-11(19)12(5-3-7-14-20-12)16-10(18)13(17)6-4-8-15-21-13/h1,7-8H,3-6,9H2,(H,16,18). The minimum Gasteiger partial charge on any atom is -0.357 e. The van der Waals surface area contributed by atoms with E-state index >= 15 is 0 Å². The second-order valence-corrected chi connectivity index (χ2v) is 5.00. The summed E-state index contributed by atoms with van der Waals surface area (Å²) in [7, 11) is 0. The van der Waals surface area contributed by atoms with Crippen molar-refractivity contribution in [3.63, 3.8) is 0 Å². The van der Waals surface area contributed by atoms with Crippen molar-refractivity contribution in [2.75, 3.05) is 6.54 Å². The van der Waals surface area contributed by atoms with Crippen LogP contribution in [-0.2, 0) is 19.3 Å². The first-order valence-corrected chi connectivity index (χ1v) is 6.63. The van der Waals surface area contributed by atoms with Gasteiger partial charge in [0.25, 0.3) is 23.3 Å². The summed E-state index contributed by atoms with van der Waals surface area (Å²) in [5, 5.41) is 9.94. The molecule has 1 fully saturated rings. The predicted octanol–water partition coefficient (Wildman–Crippen LogP) is -0.437. The van der Waals surface area contributed by atoms with E-state index in [1.54, 1.807) is 12.4 Å². The zero-order valence-corrected chi connectivity index (χ0v) is 11.2. The highest BCUT2D eigenvalue weighted by Gasteiger charge is 2.63. The maximum Gasteiger partial charge on any atom is 0.295 e. The number of nitrogens with one attached hydrogen (secondary N) is 1. The van der Waals surface area contributed by atoms with Crippen molar-refractivity contribution in [1.82, 2.24) is 10.2 Å². The summed E-state index contributed by atoms with van der Waals surface area (Å²) in [6.45, 7) is -0.0728. The quantitative estimate of drug-likeness (QED) is 0.663. The van der Waals surface area contributed by atoms with Crippen LogP contribution >= 0.6 is 0 Å². The molecule has 21 heavy (non-hydrogen) atoms. The zero-order chi connectivity index (χ0) is 14.9. The van der Waals surface area contributed by atoms with Crippen LogP contribution in [0, 0.1) is 12.3 Å². The molecule has 2 unspecified atom stereocenters. The van der Waals surface area contributed by atoms with E-state index in [0.717, 1.165) is 0 Å². The summed E-state index contributed by atoms with van der Waals surface area (Å²) in [6, 6.07) is 0. The van der Waals surface area contributed by atoms with Crippen LogP contribution in [0.4, 0.5) is 0 Å². The molecular formula is C13H14N4O4. The predicted molar refractivity (Wildman–Crippen MR) is 71.8 cm³/mol. The molecular weight excluding hydrogens is 276 g/mol. The van der Waals surface area contributed by atoms with Gasteiger partial charge in [-0.05, 0) is 12.8 Å². The van der Waals surface area contributed by atoms with Crippen molar-refractivity contribution in [3.05, 3.63) is 0 Å². The van der Waals surface area contributed by atoms with Gasteiger partial charge in [0, 0.05) is 25.3 Å². The van der Waals surface area contributed by atoms with Gasteiger partial charge in [-0.2, -0.15) is 0 Å². The van der Waals surface area contributed by atoms with Gasteiger partial charge in [-0.25, -0.2) is 0 Å². The summed E-state index contributed by atoms with van der Waals surface area (Å²) in [5.41, 5.74) is -3.01. The Morgan fingerprint density at radius 2 is 2.00 bits per heavy atom. The number of oxime groups is 2. The number of amides is 2. The van der Waals surface area contributed by atoms with Crippen LogP contribution in [0.15, 0.2) is 10.3 Å². The van der Waals surface area contributed by atoms with Crippen LogP contribution in [0.1, 0.15) is 25.7 Å². The fourth-order valence-corrected chi connectivity index (χ4v) is 2.68. The second kappa shape index (κ2) is 4.77. The lowest BCUT2D eigenvalue weighted by atomic mass is 9.93. The lowest BCUT2D eigenvalue weighted by Gasteiger charge is -2.49. The summed E-state index contributed by atoms with van der Waals surface area (Å²) in [4.78, 5) is 37.0. The van der Waals surface area contributed by atoms with E-state index in [0.29, 0.717) is 19.3 Å². The van der Waals surface area contributed by atoms with Crippen molar-refractivity contribution in [2.45, 2.75) is 37.1 Å². The summed E-state index contributed by atoms with van der Waals surface area (Å²) in [6.07, 6.45) is 10.0. The molecule has 3 heterocycles. The number of carbonyl (C=O) groups is 2. The van der Waals surface area contributed by atoms with E-state index < -0.39 is 23.3 Å². The highest BCUT2D eigenvalue weighted by atomic mass is 16.7. The molecule has 110 valence electrons. The first-order chi connectivity index (χ1) is 10.1. The molecule has 0 bridgehead atoms. The molecule has 2 spiro atoms. The molecule has 3 aliphatic rings. The molecule has 0 aromatic rings. The molecule has 3 rings (SSSR count). The average molecular weight is 290 g/mol. The molecule has 1 N–H and O–H groups in total. The number of hydrogen-bond acceptors (Lipinski definition) is 6. The third-order valence-electron chi connectivity index (χ3n) is 3.75. The van der Waals surface area contributed by atoms with Gasteiger partial charge in [-0.15, -0.1) is 6.42 Å². The fourth-order valence-electron chi connectivity index (χ4n) is 2.68. The Bertz CT molecular complexity index is 581. The maximum atomic E-state index is 12.8. The molecule has 8 heteroatoms. The SMILES string of the molecule is C#CCN1C(=O)C2(CCC=NO2)NC(=O)C12CCC=NO2. The molecule has 0 aromatic heterocycles. The van der Waals surface area contributed by atoms with Gasteiger partial charge in [0.15, 0.2) is 0 Å². The van der Waals surface area contributed by atoms with E-state index in [2.05, 4.69) is 21.5 Å². The van der Waals surface area contributed by atoms with Crippen molar-refractivity contribution in [1.29, 1.82) is 0 Å². The van der Waals surface area contributed by atoms with Gasteiger partial charge in [-0.1, -0.05) is 16.2 Å². The maximum absolute atomic E-state index is 12.8. The lowest BCUT2D eigenvalue weighted by molar-refractivity contribution is -0.226. The Morgan fingerprint density at radius 1 is 1.29 bits per heavy atom. The third kappa shape index (κ3) is 1.85. The Kier molecular flexibility index (Phi) is 3.05. The van der Waals surface area contributed by atoms with Crippen LogP contribution in [0.3, 0.4) is 0 Å². The van der Waals surface area contributed by atoms with Crippen molar-refractivity contribution in [2.24, 2.45) is 10.3 Å². The Balaban J connectivity index is 2.01. The smallest absolute Gasteiger partial charge is 0.295 e. The number of piperazine rings is 1. The average Bonchev–Trinajstić information content (AvgIpc) is 2.52.